The van der Waals surface area contributed by atoms with Gasteiger partial charge in [0.2, 0.25) is 11.8 Å². The third-order valence-corrected chi connectivity index (χ3v) is 4.45. The number of hydrogen-bond acceptors (Lipinski definition) is 2. The number of rotatable bonds is 5. The third-order valence-electron chi connectivity index (χ3n) is 4.45. The number of halogens is 1. The van der Waals surface area contributed by atoms with Crippen LogP contribution in [0.2, 0.25) is 0 Å². The summed E-state index contributed by atoms with van der Waals surface area (Å²) in [5.41, 5.74) is 2.48. The van der Waals surface area contributed by atoms with E-state index in [1.807, 2.05) is 38.1 Å². The summed E-state index contributed by atoms with van der Waals surface area (Å²) >= 11 is 0. The van der Waals surface area contributed by atoms with Crippen LogP contribution in [0.4, 0.5) is 15.8 Å². The molecule has 1 aliphatic carbocycles. The van der Waals surface area contributed by atoms with Gasteiger partial charge in [-0.05, 0) is 62.2 Å². The fraction of sp³-hybridized carbons (Fsp3) is 0.300. The molecule has 3 rings (SSSR count). The van der Waals surface area contributed by atoms with Gasteiger partial charge in [0.05, 0.1) is 11.8 Å². The van der Waals surface area contributed by atoms with Crippen molar-refractivity contribution in [3.8, 4) is 0 Å². The molecule has 0 heterocycles. The van der Waals surface area contributed by atoms with E-state index >= 15 is 0 Å². The van der Waals surface area contributed by atoms with Crippen LogP contribution in [0.3, 0.4) is 0 Å². The maximum absolute atomic E-state index is 12.9. The van der Waals surface area contributed by atoms with E-state index in [-0.39, 0.29) is 29.5 Å². The maximum atomic E-state index is 12.9. The standard InChI is InChI=1S/C20H21FN2O2/c1-3-23(16-6-4-5-13(2)11-16)20(25)18-12-17(18)19(24)22-15-9-7-14(21)8-10-15/h4-11,17-18H,3,12H2,1-2H3,(H,22,24). The molecule has 2 aromatic rings. The predicted molar refractivity (Wildman–Crippen MR) is 95.8 cm³/mol. The number of carbonyl (C=O) groups is 2. The zero-order valence-corrected chi connectivity index (χ0v) is 14.3. The number of nitrogens with one attached hydrogen (secondary N) is 1. The molecular weight excluding hydrogens is 319 g/mol. The van der Waals surface area contributed by atoms with Crippen LogP contribution in [0.15, 0.2) is 48.5 Å². The Balaban J connectivity index is 1.64. The minimum absolute atomic E-state index is 0.0210. The van der Waals surface area contributed by atoms with Gasteiger partial charge in [0.25, 0.3) is 0 Å². The summed E-state index contributed by atoms with van der Waals surface area (Å²) in [5, 5.41) is 2.75. The van der Waals surface area contributed by atoms with Gasteiger partial charge in [-0.25, -0.2) is 4.39 Å². The molecule has 2 amide bonds. The normalized spacial score (nSPS) is 18.5. The molecule has 2 unspecified atom stereocenters. The highest BCUT2D eigenvalue weighted by molar-refractivity contribution is 6.04. The molecule has 1 saturated carbocycles. The van der Waals surface area contributed by atoms with E-state index in [2.05, 4.69) is 5.32 Å². The number of carbonyl (C=O) groups excluding carboxylic acids is 2. The van der Waals surface area contributed by atoms with E-state index in [4.69, 9.17) is 0 Å². The maximum Gasteiger partial charge on any atom is 0.230 e. The van der Waals surface area contributed by atoms with E-state index in [1.165, 1.54) is 24.3 Å². The average molecular weight is 340 g/mol. The van der Waals surface area contributed by atoms with Gasteiger partial charge in [-0.2, -0.15) is 0 Å². The van der Waals surface area contributed by atoms with Crippen LogP contribution in [0, 0.1) is 24.6 Å². The molecule has 2 aromatic carbocycles. The Morgan fingerprint density at radius 3 is 2.52 bits per heavy atom. The van der Waals surface area contributed by atoms with Crippen molar-refractivity contribution in [3.05, 3.63) is 59.9 Å². The summed E-state index contributed by atoms with van der Waals surface area (Å²) in [6, 6.07) is 13.4. The summed E-state index contributed by atoms with van der Waals surface area (Å²) < 4.78 is 12.9. The molecule has 0 aromatic heterocycles. The summed E-state index contributed by atoms with van der Waals surface area (Å²) in [7, 11) is 0. The molecule has 0 radical (unpaired) electrons. The van der Waals surface area contributed by atoms with E-state index in [9.17, 15) is 14.0 Å². The Bertz CT molecular complexity index is 789. The molecule has 25 heavy (non-hydrogen) atoms. The number of aryl methyl sites for hydroxylation is 1. The number of anilines is 2. The number of nitrogens with zero attached hydrogens (tertiary/aromatic N) is 1. The third kappa shape index (κ3) is 3.87. The monoisotopic (exact) mass is 340 g/mol. The minimum Gasteiger partial charge on any atom is -0.326 e. The zero-order chi connectivity index (χ0) is 18.0. The van der Waals surface area contributed by atoms with Gasteiger partial charge in [0, 0.05) is 17.9 Å². The van der Waals surface area contributed by atoms with Gasteiger partial charge in [-0.3, -0.25) is 9.59 Å². The van der Waals surface area contributed by atoms with Crippen molar-refractivity contribution in [1.29, 1.82) is 0 Å². The van der Waals surface area contributed by atoms with Crippen molar-refractivity contribution in [2.24, 2.45) is 11.8 Å². The van der Waals surface area contributed by atoms with Gasteiger partial charge < -0.3 is 10.2 Å². The highest BCUT2D eigenvalue weighted by atomic mass is 19.1. The van der Waals surface area contributed by atoms with Crippen molar-refractivity contribution < 1.29 is 14.0 Å². The Morgan fingerprint density at radius 1 is 1.16 bits per heavy atom. The Labute approximate surface area is 146 Å². The Kier molecular flexibility index (Phi) is 4.83. The molecule has 2 atom stereocenters. The lowest BCUT2D eigenvalue weighted by molar-refractivity contribution is -0.123. The van der Waals surface area contributed by atoms with E-state index in [1.54, 1.807) is 4.90 Å². The van der Waals surface area contributed by atoms with Gasteiger partial charge in [-0.15, -0.1) is 0 Å². The predicted octanol–water partition coefficient (Wildman–Crippen LogP) is 3.76. The summed E-state index contributed by atoms with van der Waals surface area (Å²) in [6.07, 6.45) is 0.550. The van der Waals surface area contributed by atoms with Crippen molar-refractivity contribution >= 4 is 23.2 Å². The molecule has 4 nitrogen and oxygen atoms in total. The molecule has 0 saturated heterocycles. The molecule has 1 N–H and O–H groups in total. The summed E-state index contributed by atoms with van der Waals surface area (Å²) in [4.78, 5) is 26.8. The second-order valence-corrected chi connectivity index (χ2v) is 6.37. The van der Waals surface area contributed by atoms with Crippen LogP contribution < -0.4 is 10.2 Å². The van der Waals surface area contributed by atoms with Crippen molar-refractivity contribution in [2.75, 3.05) is 16.8 Å². The summed E-state index contributed by atoms with van der Waals surface area (Å²) in [6.45, 7) is 4.47. The first-order valence-electron chi connectivity index (χ1n) is 8.44. The second-order valence-electron chi connectivity index (χ2n) is 6.37. The van der Waals surface area contributed by atoms with Crippen LogP contribution >= 0.6 is 0 Å². The van der Waals surface area contributed by atoms with Gasteiger partial charge >= 0.3 is 0 Å². The molecular formula is C20H21FN2O2. The van der Waals surface area contributed by atoms with Crippen LogP contribution in [-0.4, -0.2) is 18.4 Å². The van der Waals surface area contributed by atoms with Crippen LogP contribution in [0.25, 0.3) is 0 Å². The Morgan fingerprint density at radius 2 is 1.88 bits per heavy atom. The van der Waals surface area contributed by atoms with Crippen molar-refractivity contribution in [1.82, 2.24) is 0 Å². The van der Waals surface area contributed by atoms with E-state index < -0.39 is 0 Å². The van der Waals surface area contributed by atoms with Gasteiger partial charge in [0.15, 0.2) is 0 Å². The van der Waals surface area contributed by atoms with Crippen molar-refractivity contribution in [2.45, 2.75) is 20.3 Å². The molecule has 0 bridgehead atoms. The lowest BCUT2D eigenvalue weighted by Crippen LogP contribution is -2.33. The van der Waals surface area contributed by atoms with Gasteiger partial charge in [0.1, 0.15) is 5.82 Å². The minimum atomic E-state index is -0.353. The van der Waals surface area contributed by atoms with E-state index in [0.717, 1.165) is 11.3 Å². The Hall–Kier alpha value is -2.69. The number of hydrogen-bond donors (Lipinski definition) is 1. The lowest BCUT2D eigenvalue weighted by atomic mass is 10.2. The molecule has 0 aliphatic heterocycles. The smallest absolute Gasteiger partial charge is 0.230 e. The molecule has 130 valence electrons. The molecule has 1 aliphatic rings. The SMILES string of the molecule is CCN(C(=O)C1CC1C(=O)Nc1ccc(F)cc1)c1cccc(C)c1. The second kappa shape index (κ2) is 7.05. The van der Waals surface area contributed by atoms with Crippen molar-refractivity contribution in [3.63, 3.8) is 0 Å². The largest absolute Gasteiger partial charge is 0.326 e. The highest BCUT2D eigenvalue weighted by Crippen LogP contribution is 2.41. The van der Waals surface area contributed by atoms with Crippen LogP contribution in [0.5, 0.6) is 0 Å². The molecule has 1 fully saturated rings. The first-order valence-corrected chi connectivity index (χ1v) is 8.44. The highest BCUT2D eigenvalue weighted by Gasteiger charge is 2.49. The fourth-order valence-corrected chi connectivity index (χ4v) is 2.99. The quantitative estimate of drug-likeness (QED) is 0.901. The first-order chi connectivity index (χ1) is 12.0. The van der Waals surface area contributed by atoms with Crippen LogP contribution in [-0.2, 0) is 9.59 Å². The molecule has 5 heteroatoms. The first kappa shape index (κ1) is 17.1. The summed E-state index contributed by atoms with van der Waals surface area (Å²) in [5.74, 6) is -1.18. The molecule has 0 spiro atoms. The van der Waals surface area contributed by atoms with E-state index in [0.29, 0.717) is 18.7 Å². The topological polar surface area (TPSA) is 49.4 Å². The number of benzene rings is 2. The lowest BCUT2D eigenvalue weighted by Gasteiger charge is -2.21. The van der Waals surface area contributed by atoms with Gasteiger partial charge in [-0.1, -0.05) is 12.1 Å². The average Bonchev–Trinajstić information content (AvgIpc) is 3.38. The fourth-order valence-electron chi connectivity index (χ4n) is 2.99. The van der Waals surface area contributed by atoms with Crippen LogP contribution in [0.1, 0.15) is 18.9 Å². The number of amides is 2. The zero-order valence-electron chi connectivity index (χ0n) is 14.3.